The quantitative estimate of drug-likeness (QED) is 0.810. The lowest BCUT2D eigenvalue weighted by molar-refractivity contribution is -0.120. The van der Waals surface area contributed by atoms with Crippen LogP contribution in [0.25, 0.3) is 0 Å². The minimum atomic E-state index is 0.132. The van der Waals surface area contributed by atoms with Crippen molar-refractivity contribution in [1.29, 1.82) is 0 Å². The summed E-state index contributed by atoms with van der Waals surface area (Å²) < 4.78 is 1.03. The van der Waals surface area contributed by atoms with Crippen molar-refractivity contribution in [2.75, 3.05) is 25.4 Å². The third-order valence-electron chi connectivity index (χ3n) is 2.94. The molecule has 1 amide bonds. The Balaban J connectivity index is 2.07. The van der Waals surface area contributed by atoms with E-state index in [9.17, 15) is 4.79 Å². The third-order valence-corrected chi connectivity index (χ3v) is 3.69. The Labute approximate surface area is 109 Å². The smallest absolute Gasteiger partial charge is 0.221 e. The van der Waals surface area contributed by atoms with Gasteiger partial charge in [0.15, 0.2) is 0 Å². The van der Waals surface area contributed by atoms with E-state index in [-0.39, 0.29) is 5.91 Å². The molecule has 0 spiro atoms. The average Bonchev–Trinajstić information content (AvgIpc) is 2.49. The molecular weight excluding hydrogens is 282 g/mol. The fraction of sp³-hybridized carbons (Fsp3) is 0.417. The minimum absolute atomic E-state index is 0.132. The molecule has 1 saturated heterocycles. The lowest BCUT2D eigenvalue weighted by Gasteiger charge is -2.20. The van der Waals surface area contributed by atoms with Gasteiger partial charge in [0.05, 0.1) is 0 Å². The summed E-state index contributed by atoms with van der Waals surface area (Å²) in [5.74, 6) is 0.132. The van der Waals surface area contributed by atoms with Crippen LogP contribution >= 0.6 is 15.9 Å². The highest BCUT2D eigenvalue weighted by molar-refractivity contribution is 9.10. The van der Waals surface area contributed by atoms with Crippen molar-refractivity contribution in [2.24, 2.45) is 0 Å². The predicted molar refractivity (Wildman–Crippen MR) is 71.5 cm³/mol. The van der Waals surface area contributed by atoms with Crippen LogP contribution in [0.15, 0.2) is 22.7 Å². The molecule has 3 N–H and O–H groups in total. The first kappa shape index (κ1) is 12.4. The topological polar surface area (TPSA) is 58.4 Å². The van der Waals surface area contributed by atoms with Crippen LogP contribution < -0.4 is 11.1 Å². The van der Waals surface area contributed by atoms with E-state index in [1.54, 1.807) is 0 Å². The highest BCUT2D eigenvalue weighted by Crippen LogP contribution is 2.24. The fourth-order valence-corrected chi connectivity index (χ4v) is 2.44. The van der Waals surface area contributed by atoms with Gasteiger partial charge in [0.25, 0.3) is 0 Å². The molecule has 0 aliphatic carbocycles. The number of carbonyl (C=O) groups is 1. The van der Waals surface area contributed by atoms with Crippen LogP contribution in [0.1, 0.15) is 12.0 Å². The molecule has 1 aromatic rings. The van der Waals surface area contributed by atoms with Gasteiger partial charge in [-0.25, -0.2) is 0 Å². The molecule has 1 heterocycles. The van der Waals surface area contributed by atoms with Gasteiger partial charge in [0.1, 0.15) is 0 Å². The number of halogens is 1. The van der Waals surface area contributed by atoms with Crippen LogP contribution in [0.3, 0.4) is 0 Å². The van der Waals surface area contributed by atoms with Crippen LogP contribution in [-0.2, 0) is 11.3 Å². The first-order valence-corrected chi connectivity index (χ1v) is 6.48. The first-order chi connectivity index (χ1) is 8.16. The number of nitrogens with one attached hydrogen (secondary N) is 1. The molecule has 5 heteroatoms. The van der Waals surface area contributed by atoms with Gasteiger partial charge in [-0.05, 0) is 12.1 Å². The van der Waals surface area contributed by atoms with Gasteiger partial charge in [-0.15, -0.1) is 0 Å². The molecule has 1 aliphatic heterocycles. The highest BCUT2D eigenvalue weighted by Gasteiger charge is 2.15. The number of nitrogens with two attached hydrogens (primary N) is 1. The zero-order valence-corrected chi connectivity index (χ0v) is 11.2. The summed E-state index contributed by atoms with van der Waals surface area (Å²) in [6.07, 6.45) is 0.560. The SMILES string of the molecule is Nc1cccc(Br)c1CN1CCNC(=O)CC1. The molecule has 1 aliphatic rings. The van der Waals surface area contributed by atoms with Crippen molar-refractivity contribution < 1.29 is 4.79 Å². The molecule has 1 aromatic carbocycles. The van der Waals surface area contributed by atoms with E-state index in [1.165, 1.54) is 0 Å². The van der Waals surface area contributed by atoms with E-state index < -0.39 is 0 Å². The lowest BCUT2D eigenvalue weighted by Crippen LogP contribution is -2.28. The molecule has 1 fully saturated rings. The molecule has 0 atom stereocenters. The summed E-state index contributed by atoms with van der Waals surface area (Å²) in [7, 11) is 0. The second kappa shape index (κ2) is 5.51. The Kier molecular flexibility index (Phi) is 4.02. The number of nitrogens with zero attached hydrogens (tertiary/aromatic N) is 1. The van der Waals surface area contributed by atoms with Crippen molar-refractivity contribution in [3.63, 3.8) is 0 Å². The standard InChI is InChI=1S/C12H16BrN3O/c13-10-2-1-3-11(14)9(10)8-16-6-4-12(17)15-5-7-16/h1-3H,4-8,14H2,(H,15,17). The summed E-state index contributed by atoms with van der Waals surface area (Å²) >= 11 is 3.52. The molecule has 0 aromatic heterocycles. The van der Waals surface area contributed by atoms with E-state index in [0.717, 1.165) is 35.4 Å². The molecule has 0 saturated carbocycles. The van der Waals surface area contributed by atoms with Crippen molar-refractivity contribution in [3.05, 3.63) is 28.2 Å². The van der Waals surface area contributed by atoms with Crippen LogP contribution in [0.4, 0.5) is 5.69 Å². The van der Waals surface area contributed by atoms with Gasteiger partial charge in [0.2, 0.25) is 5.91 Å². The van der Waals surface area contributed by atoms with Gasteiger partial charge in [-0.1, -0.05) is 22.0 Å². The molecule has 92 valence electrons. The zero-order chi connectivity index (χ0) is 12.3. The largest absolute Gasteiger partial charge is 0.398 e. The first-order valence-electron chi connectivity index (χ1n) is 5.69. The Morgan fingerprint density at radius 3 is 3.00 bits per heavy atom. The van der Waals surface area contributed by atoms with Crippen LogP contribution in [0.5, 0.6) is 0 Å². The maximum atomic E-state index is 11.2. The van der Waals surface area contributed by atoms with Gasteiger partial charge < -0.3 is 11.1 Å². The lowest BCUT2D eigenvalue weighted by atomic mass is 10.1. The van der Waals surface area contributed by atoms with E-state index in [4.69, 9.17) is 5.73 Å². The maximum absolute atomic E-state index is 11.2. The summed E-state index contributed by atoms with van der Waals surface area (Å²) in [4.78, 5) is 13.5. The summed E-state index contributed by atoms with van der Waals surface area (Å²) in [5, 5.41) is 2.87. The summed E-state index contributed by atoms with van der Waals surface area (Å²) in [6, 6.07) is 5.82. The summed E-state index contributed by atoms with van der Waals surface area (Å²) in [5.41, 5.74) is 7.86. The van der Waals surface area contributed by atoms with Crippen molar-refractivity contribution in [1.82, 2.24) is 10.2 Å². The number of rotatable bonds is 2. The average molecular weight is 298 g/mol. The number of amides is 1. The zero-order valence-electron chi connectivity index (χ0n) is 9.58. The van der Waals surface area contributed by atoms with Gasteiger partial charge in [-0.2, -0.15) is 0 Å². The number of nitrogen functional groups attached to an aromatic ring is 1. The molecule has 0 radical (unpaired) electrons. The predicted octanol–water partition coefficient (Wildman–Crippen LogP) is 1.35. The normalized spacial score (nSPS) is 17.6. The maximum Gasteiger partial charge on any atom is 0.221 e. The fourth-order valence-electron chi connectivity index (χ4n) is 1.94. The minimum Gasteiger partial charge on any atom is -0.398 e. The number of anilines is 1. The van der Waals surface area contributed by atoms with Gasteiger partial charge in [-0.3, -0.25) is 9.69 Å². The van der Waals surface area contributed by atoms with E-state index in [0.29, 0.717) is 13.0 Å². The second-order valence-corrected chi connectivity index (χ2v) is 5.04. The highest BCUT2D eigenvalue weighted by atomic mass is 79.9. The number of hydrogen-bond donors (Lipinski definition) is 2. The van der Waals surface area contributed by atoms with Crippen molar-refractivity contribution in [2.45, 2.75) is 13.0 Å². The molecule has 4 nitrogen and oxygen atoms in total. The Hall–Kier alpha value is -1.07. The van der Waals surface area contributed by atoms with Crippen molar-refractivity contribution in [3.8, 4) is 0 Å². The number of hydrogen-bond acceptors (Lipinski definition) is 3. The van der Waals surface area contributed by atoms with Crippen LogP contribution in [-0.4, -0.2) is 30.4 Å². The van der Waals surface area contributed by atoms with E-state index in [2.05, 4.69) is 26.1 Å². The Bertz CT molecular complexity index is 402. The molecular formula is C12H16BrN3O. The Morgan fingerprint density at radius 1 is 1.41 bits per heavy atom. The van der Waals surface area contributed by atoms with Crippen LogP contribution in [0.2, 0.25) is 0 Å². The number of carbonyl (C=O) groups excluding carboxylic acids is 1. The van der Waals surface area contributed by atoms with E-state index in [1.807, 2.05) is 18.2 Å². The summed E-state index contributed by atoms with van der Waals surface area (Å²) in [6.45, 7) is 3.14. The third kappa shape index (κ3) is 3.20. The Morgan fingerprint density at radius 2 is 2.24 bits per heavy atom. The van der Waals surface area contributed by atoms with Crippen molar-refractivity contribution >= 4 is 27.5 Å². The number of benzene rings is 1. The second-order valence-electron chi connectivity index (χ2n) is 4.18. The molecule has 0 unspecified atom stereocenters. The molecule has 17 heavy (non-hydrogen) atoms. The molecule has 2 rings (SSSR count). The monoisotopic (exact) mass is 297 g/mol. The molecule has 0 bridgehead atoms. The van der Waals surface area contributed by atoms with Gasteiger partial charge in [0, 0.05) is 48.3 Å². The van der Waals surface area contributed by atoms with Gasteiger partial charge >= 0.3 is 0 Å². The van der Waals surface area contributed by atoms with Crippen LogP contribution in [0, 0.1) is 0 Å². The van der Waals surface area contributed by atoms with E-state index >= 15 is 0 Å².